The summed E-state index contributed by atoms with van der Waals surface area (Å²) in [5.41, 5.74) is 7.96. The summed E-state index contributed by atoms with van der Waals surface area (Å²) in [5.74, 6) is -2.88. The smallest absolute Gasteiger partial charge is 0.407 e. The second-order valence-electron chi connectivity index (χ2n) is 11.3. The largest absolute Gasteiger partial charge is 0.465 e. The minimum Gasteiger partial charge on any atom is -0.465 e. The predicted octanol–water partition coefficient (Wildman–Crippen LogP) is 3.66. The fraction of sp³-hybridized carbons (Fsp3) is 0.406. The van der Waals surface area contributed by atoms with Crippen LogP contribution in [0.5, 0.6) is 0 Å². The molecule has 2 aliphatic heterocycles. The van der Waals surface area contributed by atoms with Crippen LogP contribution in [0.15, 0.2) is 60.9 Å². The normalized spacial score (nSPS) is 21.0. The highest BCUT2D eigenvalue weighted by atomic mass is 19.1. The number of ether oxygens (including phenoxy) is 2. The van der Waals surface area contributed by atoms with Gasteiger partial charge in [0.15, 0.2) is 0 Å². The molecule has 0 radical (unpaired) electrons. The molecule has 45 heavy (non-hydrogen) atoms. The van der Waals surface area contributed by atoms with Crippen molar-refractivity contribution >= 4 is 17.7 Å². The fourth-order valence-corrected chi connectivity index (χ4v) is 5.86. The predicted molar refractivity (Wildman–Crippen MR) is 159 cm³/mol. The summed E-state index contributed by atoms with van der Waals surface area (Å²) in [4.78, 5) is 30.1. The number of rotatable bonds is 10. The van der Waals surface area contributed by atoms with E-state index in [9.17, 15) is 23.5 Å². The third-order valence-electron chi connectivity index (χ3n) is 8.16. The molecule has 2 fully saturated rings. The van der Waals surface area contributed by atoms with Crippen molar-refractivity contribution in [3.8, 4) is 0 Å². The minimum absolute atomic E-state index is 0.164. The highest BCUT2D eigenvalue weighted by Crippen LogP contribution is 2.30. The molecule has 3 aromatic rings. The van der Waals surface area contributed by atoms with Crippen molar-refractivity contribution in [1.29, 1.82) is 0 Å². The van der Waals surface area contributed by atoms with Crippen LogP contribution in [0.4, 0.5) is 23.7 Å². The molecule has 5 rings (SSSR count). The molecule has 0 aliphatic carbocycles. The maximum absolute atomic E-state index is 15.1. The topological polar surface area (TPSA) is 139 Å². The molecule has 2 aromatic carbocycles. The lowest BCUT2D eigenvalue weighted by Crippen LogP contribution is -2.50. The molecule has 0 spiro atoms. The van der Waals surface area contributed by atoms with Crippen LogP contribution in [0.1, 0.15) is 35.4 Å². The molecule has 3 heterocycles. The highest BCUT2D eigenvalue weighted by Gasteiger charge is 2.31. The molecule has 1 unspecified atom stereocenters. The summed E-state index contributed by atoms with van der Waals surface area (Å²) in [7, 11) is 0. The van der Waals surface area contributed by atoms with Gasteiger partial charge in [0.25, 0.3) is 0 Å². The van der Waals surface area contributed by atoms with E-state index < -0.39 is 41.4 Å². The van der Waals surface area contributed by atoms with Crippen LogP contribution in [0.2, 0.25) is 0 Å². The summed E-state index contributed by atoms with van der Waals surface area (Å²) < 4.78 is 54.4. The molecule has 4 atom stereocenters. The Morgan fingerprint density at radius 2 is 1.64 bits per heavy atom. The minimum atomic E-state index is -1.19. The molecule has 1 aromatic heterocycles. The summed E-state index contributed by atoms with van der Waals surface area (Å²) in [5, 5.41) is 15.3. The Hall–Kier alpha value is -4.04. The standard InChI is InChI=1S/C32H36F3N5O5/c33-21-5-1-19(2-6-21)29(20-3-7-22(34)8-4-20)30(36)31(41)39-28-17-38-16-27(35)26(28)10-9-23-14-37-15-24(45-23)13-25-18-40(32(42)43)11-12-44-25/h1-8,16-17,23-25,29-30,37H,9-15,18,36H2,(H,39,41)(H,42,43)/t23-,24+,25?,30+/m1/s1. The number of benzene rings is 2. The van der Waals surface area contributed by atoms with E-state index in [-0.39, 0.29) is 42.5 Å². The average Bonchev–Trinajstić information content (AvgIpc) is 3.03. The number of carbonyl (C=O) groups is 2. The Morgan fingerprint density at radius 1 is 1.00 bits per heavy atom. The van der Waals surface area contributed by atoms with Crippen LogP contribution in [0.3, 0.4) is 0 Å². The lowest BCUT2D eigenvalue weighted by molar-refractivity contribution is -0.117. The van der Waals surface area contributed by atoms with E-state index in [1.165, 1.54) is 59.6 Å². The van der Waals surface area contributed by atoms with Gasteiger partial charge in [-0.05, 0) is 48.2 Å². The number of nitrogens with two attached hydrogens (primary N) is 1. The van der Waals surface area contributed by atoms with E-state index in [1.807, 2.05) is 0 Å². The van der Waals surface area contributed by atoms with Crippen LogP contribution in [0, 0.1) is 17.5 Å². The highest BCUT2D eigenvalue weighted by molar-refractivity contribution is 5.96. The zero-order valence-corrected chi connectivity index (χ0v) is 24.5. The first-order valence-electron chi connectivity index (χ1n) is 14.8. The zero-order chi connectivity index (χ0) is 31.9. The molecule has 0 bridgehead atoms. The van der Waals surface area contributed by atoms with Crippen LogP contribution >= 0.6 is 0 Å². The molecule has 5 N–H and O–H groups in total. The van der Waals surface area contributed by atoms with Gasteiger partial charge in [-0.15, -0.1) is 0 Å². The van der Waals surface area contributed by atoms with Gasteiger partial charge < -0.3 is 35.8 Å². The molecule has 0 saturated carbocycles. The Morgan fingerprint density at radius 3 is 2.29 bits per heavy atom. The summed E-state index contributed by atoms with van der Waals surface area (Å²) in [6.07, 6.45) is 1.86. The maximum Gasteiger partial charge on any atom is 0.407 e. The number of anilines is 1. The second-order valence-corrected chi connectivity index (χ2v) is 11.3. The second kappa shape index (κ2) is 14.8. The number of hydrogen-bond donors (Lipinski definition) is 4. The molecule has 240 valence electrons. The lowest BCUT2D eigenvalue weighted by atomic mass is 9.85. The van der Waals surface area contributed by atoms with Crippen molar-refractivity contribution in [2.45, 2.75) is 49.5 Å². The SMILES string of the molecule is N[C@H](C(=O)Nc1cncc(F)c1CC[C@@H]1CNC[C@H](CC2CN(C(=O)O)CCO2)O1)C(c1ccc(F)cc1)c1ccc(F)cc1. The number of carbonyl (C=O) groups excluding carboxylic acids is 1. The number of aromatic nitrogens is 1. The van der Waals surface area contributed by atoms with Gasteiger partial charge in [-0.25, -0.2) is 18.0 Å². The third-order valence-corrected chi connectivity index (χ3v) is 8.16. The van der Waals surface area contributed by atoms with Gasteiger partial charge in [-0.1, -0.05) is 24.3 Å². The number of morpholine rings is 2. The third kappa shape index (κ3) is 8.37. The average molecular weight is 628 g/mol. The van der Waals surface area contributed by atoms with E-state index in [2.05, 4.69) is 15.6 Å². The molecule has 13 heteroatoms. The van der Waals surface area contributed by atoms with Crippen molar-refractivity contribution in [3.63, 3.8) is 0 Å². The van der Waals surface area contributed by atoms with Gasteiger partial charge in [-0.2, -0.15) is 0 Å². The zero-order valence-electron chi connectivity index (χ0n) is 24.5. The van der Waals surface area contributed by atoms with Crippen molar-refractivity contribution in [2.75, 3.05) is 38.1 Å². The Kier molecular flexibility index (Phi) is 10.7. The van der Waals surface area contributed by atoms with Gasteiger partial charge in [-0.3, -0.25) is 9.78 Å². The van der Waals surface area contributed by atoms with Crippen molar-refractivity contribution in [3.05, 3.63) is 95.1 Å². The number of halogens is 3. The van der Waals surface area contributed by atoms with Gasteiger partial charge in [0.05, 0.1) is 55.6 Å². The summed E-state index contributed by atoms with van der Waals surface area (Å²) in [6, 6.07) is 9.88. The van der Waals surface area contributed by atoms with Crippen LogP contribution < -0.4 is 16.4 Å². The van der Waals surface area contributed by atoms with Crippen LogP contribution in [0.25, 0.3) is 0 Å². The molecule has 2 saturated heterocycles. The molecule has 2 amide bonds. The lowest BCUT2D eigenvalue weighted by Gasteiger charge is -2.36. The van der Waals surface area contributed by atoms with Gasteiger partial charge in [0.2, 0.25) is 5.91 Å². The number of nitrogens with zero attached hydrogens (tertiary/aromatic N) is 2. The van der Waals surface area contributed by atoms with Crippen molar-refractivity contribution < 1.29 is 37.3 Å². The van der Waals surface area contributed by atoms with E-state index >= 15 is 4.39 Å². The number of hydrogen-bond acceptors (Lipinski definition) is 7. The van der Waals surface area contributed by atoms with Crippen molar-refractivity contribution in [2.24, 2.45) is 5.73 Å². The monoisotopic (exact) mass is 627 g/mol. The Balaban J connectivity index is 1.24. The van der Waals surface area contributed by atoms with E-state index in [0.717, 1.165) is 6.20 Å². The van der Waals surface area contributed by atoms with Gasteiger partial charge in [0.1, 0.15) is 17.5 Å². The summed E-state index contributed by atoms with van der Waals surface area (Å²) in [6.45, 7) is 2.05. The van der Waals surface area contributed by atoms with Gasteiger partial charge >= 0.3 is 6.09 Å². The van der Waals surface area contributed by atoms with E-state index in [0.29, 0.717) is 50.2 Å². The number of nitrogens with one attached hydrogen (secondary N) is 2. The van der Waals surface area contributed by atoms with E-state index in [1.54, 1.807) is 0 Å². The van der Waals surface area contributed by atoms with Crippen molar-refractivity contribution in [1.82, 2.24) is 15.2 Å². The maximum atomic E-state index is 15.1. The van der Waals surface area contributed by atoms with E-state index in [4.69, 9.17) is 15.2 Å². The molecular weight excluding hydrogens is 591 g/mol. The first-order valence-corrected chi connectivity index (χ1v) is 14.8. The Bertz CT molecular complexity index is 1420. The molecular formula is C32H36F3N5O5. The Labute approximate surface area is 258 Å². The number of amides is 2. The molecule has 2 aliphatic rings. The first-order chi connectivity index (χ1) is 21.7. The van der Waals surface area contributed by atoms with Gasteiger partial charge in [0, 0.05) is 37.5 Å². The quantitative estimate of drug-likeness (QED) is 0.267. The first kappa shape index (κ1) is 32.4. The molecule has 10 nitrogen and oxygen atoms in total. The van der Waals surface area contributed by atoms with Crippen LogP contribution in [-0.4, -0.2) is 84.1 Å². The number of carboxylic acid groups (broad SMARTS) is 1. The van der Waals surface area contributed by atoms with Crippen LogP contribution in [-0.2, 0) is 20.7 Å². The number of pyridine rings is 1. The summed E-state index contributed by atoms with van der Waals surface area (Å²) >= 11 is 0. The fourth-order valence-electron chi connectivity index (χ4n) is 5.86.